The van der Waals surface area contributed by atoms with Gasteiger partial charge in [0.15, 0.2) is 0 Å². The third-order valence-electron chi connectivity index (χ3n) is 2.89. The van der Waals surface area contributed by atoms with Gasteiger partial charge in [0.05, 0.1) is 0 Å². The Labute approximate surface area is 123 Å². The van der Waals surface area contributed by atoms with E-state index in [1.807, 2.05) is 36.4 Å². The van der Waals surface area contributed by atoms with Gasteiger partial charge in [0, 0.05) is 14.9 Å². The molecular weight excluding hydrogens is 359 g/mol. The molecular formula is C15H13Br2F. The van der Waals surface area contributed by atoms with E-state index in [1.165, 1.54) is 5.56 Å². The number of hydrogen-bond donors (Lipinski definition) is 0. The molecule has 3 heteroatoms. The number of benzene rings is 2. The molecule has 1 atom stereocenters. The van der Waals surface area contributed by atoms with Crippen LogP contribution in [0.4, 0.5) is 4.39 Å². The lowest BCUT2D eigenvalue weighted by atomic mass is 10.0. The molecule has 0 bridgehead atoms. The third-order valence-corrected chi connectivity index (χ3v) is 4.23. The molecule has 0 N–H and O–H groups in total. The molecule has 0 aromatic heterocycles. The van der Waals surface area contributed by atoms with Crippen molar-refractivity contribution in [1.82, 2.24) is 0 Å². The fourth-order valence-electron chi connectivity index (χ4n) is 1.85. The highest BCUT2D eigenvalue weighted by molar-refractivity contribution is 9.10. The van der Waals surface area contributed by atoms with Crippen LogP contribution >= 0.6 is 31.9 Å². The molecule has 18 heavy (non-hydrogen) atoms. The largest absolute Gasteiger partial charge is 0.206 e. The minimum atomic E-state index is -0.114. The maximum absolute atomic E-state index is 14.0. The van der Waals surface area contributed by atoms with Crippen molar-refractivity contribution in [2.75, 3.05) is 0 Å². The molecule has 0 fully saturated rings. The summed E-state index contributed by atoms with van der Waals surface area (Å²) in [5.41, 5.74) is 2.59. The minimum Gasteiger partial charge on any atom is -0.206 e. The van der Waals surface area contributed by atoms with Crippen LogP contribution in [-0.4, -0.2) is 0 Å². The van der Waals surface area contributed by atoms with Crippen molar-refractivity contribution in [3.8, 4) is 0 Å². The van der Waals surface area contributed by atoms with Gasteiger partial charge in [-0.15, -0.1) is 0 Å². The first-order valence-corrected chi connectivity index (χ1v) is 7.42. The SMILES string of the molecule is Cc1cccc(C(Br)Cc2ccc(Br)cc2)c1F. The Balaban J connectivity index is 2.19. The number of halogens is 3. The standard InChI is InChI=1S/C15H13Br2F/c1-10-3-2-4-13(15(10)18)14(17)9-11-5-7-12(16)8-6-11/h2-8,14H,9H2,1H3. The van der Waals surface area contributed by atoms with Gasteiger partial charge in [-0.25, -0.2) is 4.39 Å². The monoisotopic (exact) mass is 370 g/mol. The number of alkyl halides is 1. The van der Waals surface area contributed by atoms with E-state index in [0.717, 1.165) is 16.5 Å². The van der Waals surface area contributed by atoms with Crippen molar-refractivity contribution in [3.05, 3.63) is 69.4 Å². The van der Waals surface area contributed by atoms with Gasteiger partial charge in [-0.1, -0.05) is 62.2 Å². The highest BCUT2D eigenvalue weighted by Gasteiger charge is 2.14. The highest BCUT2D eigenvalue weighted by atomic mass is 79.9. The van der Waals surface area contributed by atoms with E-state index in [4.69, 9.17) is 0 Å². The summed E-state index contributed by atoms with van der Waals surface area (Å²) in [6.45, 7) is 1.79. The first-order valence-electron chi connectivity index (χ1n) is 5.71. The van der Waals surface area contributed by atoms with Gasteiger partial charge < -0.3 is 0 Å². The molecule has 1 unspecified atom stereocenters. The van der Waals surface area contributed by atoms with E-state index < -0.39 is 0 Å². The zero-order valence-electron chi connectivity index (χ0n) is 9.96. The van der Waals surface area contributed by atoms with Crippen molar-refractivity contribution in [2.24, 2.45) is 0 Å². The molecule has 2 aromatic rings. The van der Waals surface area contributed by atoms with E-state index in [0.29, 0.717) is 5.56 Å². The van der Waals surface area contributed by atoms with E-state index in [1.54, 1.807) is 13.0 Å². The molecule has 0 heterocycles. The van der Waals surface area contributed by atoms with E-state index >= 15 is 0 Å². The van der Waals surface area contributed by atoms with Crippen LogP contribution in [0.15, 0.2) is 46.9 Å². The first kappa shape index (κ1) is 13.8. The van der Waals surface area contributed by atoms with Crippen molar-refractivity contribution >= 4 is 31.9 Å². The van der Waals surface area contributed by atoms with E-state index in [-0.39, 0.29) is 10.6 Å². The van der Waals surface area contributed by atoms with Crippen molar-refractivity contribution in [2.45, 2.75) is 18.2 Å². The summed E-state index contributed by atoms with van der Waals surface area (Å²) in [7, 11) is 0. The van der Waals surface area contributed by atoms with Gasteiger partial charge in [-0.3, -0.25) is 0 Å². The van der Waals surface area contributed by atoms with E-state index in [2.05, 4.69) is 31.9 Å². The Hall–Kier alpha value is -0.670. The molecule has 2 rings (SSSR count). The van der Waals surface area contributed by atoms with Gasteiger partial charge in [0.1, 0.15) is 5.82 Å². The first-order chi connectivity index (χ1) is 8.58. The van der Waals surface area contributed by atoms with Crippen LogP contribution in [0.25, 0.3) is 0 Å². The maximum Gasteiger partial charge on any atom is 0.130 e. The fraction of sp³-hybridized carbons (Fsp3) is 0.200. The van der Waals surface area contributed by atoms with Gasteiger partial charge in [0.25, 0.3) is 0 Å². The Morgan fingerprint density at radius 1 is 1.11 bits per heavy atom. The number of aryl methyl sites for hydroxylation is 1. The molecule has 0 aliphatic heterocycles. The smallest absolute Gasteiger partial charge is 0.130 e. The van der Waals surface area contributed by atoms with Gasteiger partial charge in [-0.2, -0.15) is 0 Å². The summed E-state index contributed by atoms with van der Waals surface area (Å²) >= 11 is 6.98. The van der Waals surface area contributed by atoms with Crippen molar-refractivity contribution in [1.29, 1.82) is 0 Å². The minimum absolute atomic E-state index is 0.00132. The molecule has 94 valence electrons. The number of rotatable bonds is 3. The van der Waals surface area contributed by atoms with Gasteiger partial charge >= 0.3 is 0 Å². The molecule has 0 spiro atoms. The zero-order valence-corrected chi connectivity index (χ0v) is 13.1. The second-order valence-electron chi connectivity index (χ2n) is 4.28. The summed E-state index contributed by atoms with van der Waals surface area (Å²) in [4.78, 5) is -0.00132. The fourth-order valence-corrected chi connectivity index (χ4v) is 2.84. The predicted octanol–water partition coefficient (Wildman–Crippen LogP) is 5.58. The maximum atomic E-state index is 14.0. The molecule has 0 saturated heterocycles. The quantitative estimate of drug-likeness (QED) is 0.618. The lowest BCUT2D eigenvalue weighted by Crippen LogP contribution is -2.00. The topological polar surface area (TPSA) is 0 Å². The molecule has 0 nitrogen and oxygen atoms in total. The molecule has 2 aromatic carbocycles. The molecule has 0 aliphatic rings. The van der Waals surface area contributed by atoms with Crippen molar-refractivity contribution in [3.63, 3.8) is 0 Å². The lowest BCUT2D eigenvalue weighted by Gasteiger charge is -2.12. The van der Waals surface area contributed by atoms with Crippen LogP contribution in [0.1, 0.15) is 21.5 Å². The van der Waals surface area contributed by atoms with Crippen LogP contribution in [-0.2, 0) is 6.42 Å². The summed E-state index contributed by atoms with van der Waals surface area (Å²) in [6, 6.07) is 13.6. The third kappa shape index (κ3) is 3.21. The van der Waals surface area contributed by atoms with Gasteiger partial charge in [-0.05, 0) is 36.6 Å². The molecule has 0 aliphatic carbocycles. The van der Waals surface area contributed by atoms with Crippen LogP contribution in [0.3, 0.4) is 0 Å². The average molecular weight is 372 g/mol. The Morgan fingerprint density at radius 2 is 1.78 bits per heavy atom. The summed E-state index contributed by atoms with van der Waals surface area (Å²) in [6.07, 6.45) is 0.771. The zero-order chi connectivity index (χ0) is 13.1. The molecule has 0 saturated carbocycles. The van der Waals surface area contributed by atoms with Crippen LogP contribution in [0, 0.1) is 12.7 Å². The Kier molecular flexibility index (Phi) is 4.57. The highest BCUT2D eigenvalue weighted by Crippen LogP contribution is 2.30. The second-order valence-corrected chi connectivity index (χ2v) is 6.30. The normalized spacial score (nSPS) is 12.4. The second kappa shape index (κ2) is 5.98. The van der Waals surface area contributed by atoms with E-state index in [9.17, 15) is 4.39 Å². The Morgan fingerprint density at radius 3 is 2.44 bits per heavy atom. The van der Waals surface area contributed by atoms with Crippen LogP contribution < -0.4 is 0 Å². The summed E-state index contributed by atoms with van der Waals surface area (Å²) < 4.78 is 15.0. The Bertz CT molecular complexity index is 535. The van der Waals surface area contributed by atoms with Crippen molar-refractivity contribution < 1.29 is 4.39 Å². The molecule has 0 radical (unpaired) electrons. The van der Waals surface area contributed by atoms with Crippen LogP contribution in [0.2, 0.25) is 0 Å². The predicted molar refractivity (Wildman–Crippen MR) is 80.7 cm³/mol. The average Bonchev–Trinajstić information content (AvgIpc) is 2.35. The molecule has 0 amide bonds. The summed E-state index contributed by atoms with van der Waals surface area (Å²) in [5, 5.41) is 0. The summed E-state index contributed by atoms with van der Waals surface area (Å²) in [5.74, 6) is -0.114. The van der Waals surface area contributed by atoms with Crippen LogP contribution in [0.5, 0.6) is 0 Å². The van der Waals surface area contributed by atoms with Gasteiger partial charge in [0.2, 0.25) is 0 Å². The number of hydrogen-bond acceptors (Lipinski definition) is 0. The lowest BCUT2D eigenvalue weighted by molar-refractivity contribution is 0.599.